The van der Waals surface area contributed by atoms with Gasteiger partial charge in [0.15, 0.2) is 5.58 Å². The molecule has 0 aliphatic rings. The van der Waals surface area contributed by atoms with E-state index in [2.05, 4.69) is 11.9 Å². The standard InChI is InChI=1S/C13H15NO4/c1-3-4-8(2)17-13-14-10-6-5-9(12(15)16)7-11(10)18-13/h5-8H,3-4H2,1-2H3,(H,15,16). The zero-order valence-corrected chi connectivity index (χ0v) is 10.3. The van der Waals surface area contributed by atoms with Crippen LogP contribution in [0.25, 0.3) is 11.1 Å². The van der Waals surface area contributed by atoms with Crippen LogP contribution in [-0.2, 0) is 0 Å². The van der Waals surface area contributed by atoms with Crippen molar-refractivity contribution in [2.45, 2.75) is 32.8 Å². The highest BCUT2D eigenvalue weighted by molar-refractivity contribution is 5.91. The fourth-order valence-corrected chi connectivity index (χ4v) is 1.72. The van der Waals surface area contributed by atoms with Gasteiger partial charge in [0.2, 0.25) is 0 Å². The summed E-state index contributed by atoms with van der Waals surface area (Å²) in [5.74, 6) is -0.991. The molecule has 1 unspecified atom stereocenters. The maximum Gasteiger partial charge on any atom is 0.394 e. The van der Waals surface area contributed by atoms with Crippen LogP contribution in [0.5, 0.6) is 6.08 Å². The van der Waals surface area contributed by atoms with Crippen LogP contribution < -0.4 is 4.74 Å². The summed E-state index contributed by atoms with van der Waals surface area (Å²) in [5.41, 5.74) is 1.19. The number of aromatic carboxylic acids is 1. The van der Waals surface area contributed by atoms with Crippen molar-refractivity contribution in [2.24, 2.45) is 0 Å². The highest BCUT2D eigenvalue weighted by Crippen LogP contribution is 2.23. The third-order valence-corrected chi connectivity index (χ3v) is 2.61. The van der Waals surface area contributed by atoms with Gasteiger partial charge in [-0.25, -0.2) is 4.79 Å². The molecular formula is C13H15NO4. The molecule has 0 radical (unpaired) electrons. The zero-order chi connectivity index (χ0) is 13.1. The average Bonchev–Trinajstić information content (AvgIpc) is 2.69. The van der Waals surface area contributed by atoms with E-state index in [1.165, 1.54) is 12.1 Å². The van der Waals surface area contributed by atoms with E-state index in [9.17, 15) is 4.79 Å². The monoisotopic (exact) mass is 249 g/mol. The minimum atomic E-state index is -0.991. The maximum atomic E-state index is 10.8. The Morgan fingerprint density at radius 2 is 2.33 bits per heavy atom. The van der Waals surface area contributed by atoms with E-state index in [0.717, 1.165) is 12.8 Å². The molecule has 2 aromatic rings. The van der Waals surface area contributed by atoms with Gasteiger partial charge in [0, 0.05) is 0 Å². The molecule has 0 aliphatic heterocycles. The van der Waals surface area contributed by atoms with E-state index in [1.807, 2.05) is 6.92 Å². The first-order chi connectivity index (χ1) is 8.60. The molecule has 0 bridgehead atoms. The quantitative estimate of drug-likeness (QED) is 0.881. The largest absolute Gasteiger partial charge is 0.478 e. The molecule has 5 heteroatoms. The number of ether oxygens (including phenoxy) is 1. The molecule has 18 heavy (non-hydrogen) atoms. The summed E-state index contributed by atoms with van der Waals surface area (Å²) in [5, 5.41) is 8.87. The molecule has 0 fully saturated rings. The Morgan fingerprint density at radius 1 is 1.56 bits per heavy atom. The molecule has 0 saturated carbocycles. The molecule has 96 valence electrons. The molecule has 1 N–H and O–H groups in total. The van der Waals surface area contributed by atoms with Crippen LogP contribution in [-0.4, -0.2) is 22.2 Å². The fraction of sp³-hybridized carbons (Fsp3) is 0.385. The summed E-state index contributed by atoms with van der Waals surface area (Å²) in [7, 11) is 0. The van der Waals surface area contributed by atoms with Gasteiger partial charge in [-0.2, -0.15) is 4.98 Å². The third kappa shape index (κ3) is 2.61. The Balaban J connectivity index is 2.24. The summed E-state index contributed by atoms with van der Waals surface area (Å²) < 4.78 is 10.9. The lowest BCUT2D eigenvalue weighted by Crippen LogP contribution is -2.10. The Bertz CT molecular complexity index is 561. The number of carboxylic acid groups (broad SMARTS) is 1. The first-order valence-electron chi connectivity index (χ1n) is 5.90. The summed E-state index contributed by atoms with van der Waals surface area (Å²) in [6.07, 6.45) is 2.15. The molecule has 0 aliphatic carbocycles. The van der Waals surface area contributed by atoms with Gasteiger partial charge in [-0.15, -0.1) is 0 Å². The number of hydrogen-bond acceptors (Lipinski definition) is 4. The Kier molecular flexibility index (Phi) is 3.50. The summed E-state index contributed by atoms with van der Waals surface area (Å²) >= 11 is 0. The predicted octanol–water partition coefficient (Wildman–Crippen LogP) is 3.09. The average molecular weight is 249 g/mol. The summed E-state index contributed by atoms with van der Waals surface area (Å²) in [6, 6.07) is 4.55. The van der Waals surface area contributed by atoms with Crippen LogP contribution >= 0.6 is 0 Å². The number of hydrogen-bond donors (Lipinski definition) is 1. The van der Waals surface area contributed by atoms with E-state index < -0.39 is 5.97 Å². The predicted molar refractivity (Wildman–Crippen MR) is 66.0 cm³/mol. The van der Waals surface area contributed by atoms with E-state index in [-0.39, 0.29) is 17.7 Å². The molecule has 5 nitrogen and oxygen atoms in total. The summed E-state index contributed by atoms with van der Waals surface area (Å²) in [4.78, 5) is 15.0. The van der Waals surface area contributed by atoms with Crippen molar-refractivity contribution < 1.29 is 19.1 Å². The van der Waals surface area contributed by atoms with Crippen LogP contribution in [0.4, 0.5) is 0 Å². The lowest BCUT2D eigenvalue weighted by atomic mass is 10.2. The van der Waals surface area contributed by atoms with E-state index in [4.69, 9.17) is 14.3 Å². The zero-order valence-electron chi connectivity index (χ0n) is 10.3. The minimum absolute atomic E-state index is 0.0296. The van der Waals surface area contributed by atoms with Crippen molar-refractivity contribution in [3.05, 3.63) is 23.8 Å². The van der Waals surface area contributed by atoms with Crippen molar-refractivity contribution in [2.75, 3.05) is 0 Å². The van der Waals surface area contributed by atoms with E-state index in [0.29, 0.717) is 11.1 Å². The van der Waals surface area contributed by atoms with E-state index >= 15 is 0 Å². The number of benzene rings is 1. The van der Waals surface area contributed by atoms with Crippen molar-refractivity contribution in [3.63, 3.8) is 0 Å². The van der Waals surface area contributed by atoms with Crippen LogP contribution in [0.2, 0.25) is 0 Å². The van der Waals surface area contributed by atoms with Crippen molar-refractivity contribution in [1.29, 1.82) is 0 Å². The van der Waals surface area contributed by atoms with Gasteiger partial charge in [0.25, 0.3) is 0 Å². The highest BCUT2D eigenvalue weighted by Gasteiger charge is 2.12. The van der Waals surface area contributed by atoms with Crippen molar-refractivity contribution in [1.82, 2.24) is 4.98 Å². The Morgan fingerprint density at radius 3 is 3.00 bits per heavy atom. The van der Waals surface area contributed by atoms with Crippen LogP contribution in [0.3, 0.4) is 0 Å². The fourth-order valence-electron chi connectivity index (χ4n) is 1.72. The SMILES string of the molecule is CCCC(C)Oc1nc2ccc(C(=O)O)cc2o1. The van der Waals surface area contributed by atoms with Crippen LogP contribution in [0, 0.1) is 0 Å². The molecule has 0 saturated heterocycles. The number of carboxylic acids is 1. The van der Waals surface area contributed by atoms with Gasteiger partial charge in [-0.05, 0) is 31.5 Å². The lowest BCUT2D eigenvalue weighted by Gasteiger charge is -2.08. The molecule has 0 amide bonds. The van der Waals surface area contributed by atoms with Gasteiger partial charge in [-0.1, -0.05) is 13.3 Å². The molecule has 1 heterocycles. The third-order valence-electron chi connectivity index (χ3n) is 2.61. The number of aromatic nitrogens is 1. The minimum Gasteiger partial charge on any atom is -0.478 e. The topological polar surface area (TPSA) is 72.6 Å². The van der Waals surface area contributed by atoms with Gasteiger partial charge >= 0.3 is 12.0 Å². The Labute approximate surface area is 104 Å². The van der Waals surface area contributed by atoms with Gasteiger partial charge in [0.05, 0.1) is 5.56 Å². The van der Waals surface area contributed by atoms with Gasteiger partial charge < -0.3 is 14.3 Å². The van der Waals surface area contributed by atoms with Crippen molar-refractivity contribution >= 4 is 17.1 Å². The second-order valence-electron chi connectivity index (χ2n) is 4.18. The van der Waals surface area contributed by atoms with Gasteiger partial charge in [0.1, 0.15) is 11.6 Å². The Hall–Kier alpha value is -2.04. The molecule has 1 aromatic heterocycles. The summed E-state index contributed by atoms with van der Waals surface area (Å²) in [6.45, 7) is 4.02. The number of carbonyl (C=O) groups is 1. The lowest BCUT2D eigenvalue weighted by molar-refractivity contribution is 0.0696. The molecule has 2 rings (SSSR count). The number of nitrogens with zero attached hydrogens (tertiary/aromatic N) is 1. The second-order valence-corrected chi connectivity index (χ2v) is 4.18. The molecule has 1 atom stereocenters. The molecular weight excluding hydrogens is 234 g/mol. The van der Waals surface area contributed by atoms with E-state index in [1.54, 1.807) is 6.07 Å². The van der Waals surface area contributed by atoms with Crippen molar-refractivity contribution in [3.8, 4) is 6.08 Å². The van der Waals surface area contributed by atoms with Crippen LogP contribution in [0.15, 0.2) is 22.6 Å². The highest BCUT2D eigenvalue weighted by atomic mass is 16.6. The number of rotatable bonds is 5. The second kappa shape index (κ2) is 5.08. The van der Waals surface area contributed by atoms with Gasteiger partial charge in [-0.3, -0.25) is 0 Å². The maximum absolute atomic E-state index is 10.8. The number of oxazole rings is 1. The first kappa shape index (κ1) is 12.4. The van der Waals surface area contributed by atoms with Crippen LogP contribution in [0.1, 0.15) is 37.0 Å². The number of fused-ring (bicyclic) bond motifs is 1. The molecule has 0 spiro atoms. The smallest absolute Gasteiger partial charge is 0.394 e. The normalized spacial score (nSPS) is 12.6. The molecule has 1 aromatic carbocycles. The first-order valence-corrected chi connectivity index (χ1v) is 5.90.